The number of methoxy groups -OCH3 is 1. The fourth-order valence-corrected chi connectivity index (χ4v) is 6.58. The standard InChI is InChI=1S/C26H28F3N6O3P/c1-37-21-14-18(39(36)12-8-35(9-13-39)17-6-10-38-11-7-17)4-5-20(21)32-25-33-23-22(19(15-30-23)26(27,28)29)24(34-25)31-16-2-3-16/h4-5,8-9,12-17H,2-3,6-7,10-11H2,1H3,(H3,30,31,32,33,34). The highest BCUT2D eigenvalue weighted by atomic mass is 31.2. The molecule has 0 bridgehead atoms. The Kier molecular flexibility index (Phi) is 6.55. The Morgan fingerprint density at radius 2 is 1.87 bits per heavy atom. The van der Waals surface area contributed by atoms with Crippen molar-refractivity contribution in [1.29, 1.82) is 0 Å². The summed E-state index contributed by atoms with van der Waals surface area (Å²) in [5, 5.41) is 6.65. The van der Waals surface area contributed by atoms with Crippen LogP contribution in [0.5, 0.6) is 5.75 Å². The minimum absolute atomic E-state index is 0.0644. The number of hydrogen-bond acceptors (Lipinski definition) is 8. The third-order valence-electron chi connectivity index (χ3n) is 7.12. The number of hydrogen-bond donors (Lipinski definition) is 3. The van der Waals surface area contributed by atoms with Crippen LogP contribution in [-0.2, 0) is 15.5 Å². The van der Waals surface area contributed by atoms with E-state index >= 15 is 0 Å². The summed E-state index contributed by atoms with van der Waals surface area (Å²) < 4.78 is 65.5. The molecule has 13 heteroatoms. The van der Waals surface area contributed by atoms with Gasteiger partial charge in [-0.1, -0.05) is 0 Å². The summed E-state index contributed by atoms with van der Waals surface area (Å²) >= 11 is 0. The van der Waals surface area contributed by atoms with Crippen molar-refractivity contribution in [3.63, 3.8) is 0 Å². The van der Waals surface area contributed by atoms with Crippen molar-refractivity contribution in [2.45, 2.75) is 43.9 Å². The first-order chi connectivity index (χ1) is 18.7. The number of ether oxygens (including phenoxy) is 2. The van der Waals surface area contributed by atoms with Gasteiger partial charge in [0, 0.05) is 49.2 Å². The second kappa shape index (κ2) is 9.91. The molecule has 3 N–H and O–H groups in total. The molecule has 0 amide bonds. The maximum Gasteiger partial charge on any atom is 0.418 e. The number of H-pyrrole nitrogens is 1. The molecule has 1 aromatic carbocycles. The van der Waals surface area contributed by atoms with E-state index in [1.165, 1.54) is 7.11 Å². The fourth-order valence-electron chi connectivity index (χ4n) is 4.81. The zero-order chi connectivity index (χ0) is 27.2. The number of nitrogens with one attached hydrogen (secondary N) is 3. The minimum Gasteiger partial charge on any atom is -0.495 e. The van der Waals surface area contributed by atoms with Crippen LogP contribution >= 0.6 is 7.14 Å². The van der Waals surface area contributed by atoms with Gasteiger partial charge in [-0.2, -0.15) is 23.1 Å². The van der Waals surface area contributed by atoms with Gasteiger partial charge in [0.05, 0.1) is 23.7 Å². The molecule has 4 heterocycles. The number of rotatable bonds is 7. The summed E-state index contributed by atoms with van der Waals surface area (Å²) in [6.45, 7) is 1.43. The third kappa shape index (κ3) is 5.23. The topological polar surface area (TPSA) is 104 Å². The number of fused-ring (bicyclic) bond motifs is 1. The molecular weight excluding hydrogens is 532 g/mol. The van der Waals surface area contributed by atoms with Crippen LogP contribution in [0.15, 0.2) is 48.4 Å². The van der Waals surface area contributed by atoms with Crippen LogP contribution in [0.25, 0.3) is 11.0 Å². The summed E-state index contributed by atoms with van der Waals surface area (Å²) in [7, 11) is -1.46. The van der Waals surface area contributed by atoms with E-state index in [9.17, 15) is 17.7 Å². The normalized spacial score (nSPS) is 19.4. The van der Waals surface area contributed by atoms with Crippen molar-refractivity contribution in [2.75, 3.05) is 31.0 Å². The molecule has 6 rings (SSSR count). The number of benzene rings is 1. The Labute approximate surface area is 222 Å². The Bertz CT molecular complexity index is 1480. The van der Waals surface area contributed by atoms with Crippen LogP contribution in [0.4, 0.5) is 30.6 Å². The van der Waals surface area contributed by atoms with E-state index in [1.54, 1.807) is 29.8 Å². The summed E-state index contributed by atoms with van der Waals surface area (Å²) in [5.41, 5.74) is -0.265. The van der Waals surface area contributed by atoms with Crippen LogP contribution < -0.4 is 20.7 Å². The van der Waals surface area contributed by atoms with E-state index in [-0.39, 0.29) is 28.8 Å². The summed E-state index contributed by atoms with van der Waals surface area (Å²) in [5.74, 6) is 4.09. The van der Waals surface area contributed by atoms with Crippen LogP contribution in [0.3, 0.4) is 0 Å². The van der Waals surface area contributed by atoms with Crippen LogP contribution in [0.2, 0.25) is 0 Å². The van der Waals surface area contributed by atoms with Gasteiger partial charge in [-0.05, 0) is 55.5 Å². The lowest BCUT2D eigenvalue weighted by atomic mass is 10.1. The Balaban J connectivity index is 1.27. The van der Waals surface area contributed by atoms with Gasteiger partial charge < -0.3 is 34.6 Å². The van der Waals surface area contributed by atoms with Gasteiger partial charge in [0.2, 0.25) is 5.95 Å². The number of alkyl halides is 3. The van der Waals surface area contributed by atoms with Gasteiger partial charge in [0.1, 0.15) is 17.2 Å². The highest BCUT2D eigenvalue weighted by Crippen LogP contribution is 2.51. The molecule has 2 aromatic heterocycles. The highest BCUT2D eigenvalue weighted by molar-refractivity contribution is 7.77. The Morgan fingerprint density at radius 3 is 2.54 bits per heavy atom. The van der Waals surface area contributed by atoms with Gasteiger partial charge in [0.25, 0.3) is 0 Å². The van der Waals surface area contributed by atoms with Gasteiger partial charge in [0.15, 0.2) is 7.14 Å². The zero-order valence-corrected chi connectivity index (χ0v) is 22.1. The quantitative estimate of drug-likeness (QED) is 0.315. The first-order valence-corrected chi connectivity index (χ1v) is 14.6. The predicted molar refractivity (Wildman–Crippen MR) is 143 cm³/mol. The molecule has 9 nitrogen and oxygen atoms in total. The summed E-state index contributed by atoms with van der Waals surface area (Å²) in [4.78, 5) is 13.4. The molecule has 1 saturated heterocycles. The molecule has 0 radical (unpaired) electrons. The molecule has 3 aromatic rings. The maximum atomic E-state index is 13.8. The van der Waals surface area contributed by atoms with E-state index in [1.807, 2.05) is 12.4 Å². The maximum absolute atomic E-state index is 13.8. The number of aromatic amines is 1. The lowest BCUT2D eigenvalue weighted by Gasteiger charge is -2.33. The molecule has 0 atom stereocenters. The van der Waals surface area contributed by atoms with Crippen molar-refractivity contribution in [2.24, 2.45) is 0 Å². The average Bonchev–Trinajstić information content (AvgIpc) is 3.63. The number of halogens is 3. The molecule has 2 fully saturated rings. The fraction of sp³-hybridized carbons (Fsp3) is 0.385. The van der Waals surface area contributed by atoms with Gasteiger partial charge in [-0.25, -0.2) is 0 Å². The molecular formula is C26H28F3N6O3P. The van der Waals surface area contributed by atoms with Gasteiger partial charge >= 0.3 is 6.18 Å². The molecule has 0 unspecified atom stereocenters. The van der Waals surface area contributed by atoms with Gasteiger partial charge in [-0.3, -0.25) is 0 Å². The smallest absolute Gasteiger partial charge is 0.418 e. The molecule has 39 heavy (non-hydrogen) atoms. The molecule has 206 valence electrons. The van der Waals surface area contributed by atoms with Crippen LogP contribution in [0.1, 0.15) is 31.2 Å². The van der Waals surface area contributed by atoms with Crippen molar-refractivity contribution >= 4 is 40.9 Å². The van der Waals surface area contributed by atoms with E-state index in [0.717, 1.165) is 31.9 Å². The first kappa shape index (κ1) is 25.8. The molecule has 1 aliphatic carbocycles. The van der Waals surface area contributed by atoms with E-state index in [0.29, 0.717) is 36.0 Å². The molecule has 3 aliphatic rings. The van der Waals surface area contributed by atoms with Crippen molar-refractivity contribution in [1.82, 2.24) is 19.9 Å². The summed E-state index contributed by atoms with van der Waals surface area (Å²) in [6, 6.07) is 5.54. The average molecular weight is 561 g/mol. The second-order valence-corrected chi connectivity index (χ2v) is 12.4. The van der Waals surface area contributed by atoms with Crippen molar-refractivity contribution < 1.29 is 27.2 Å². The largest absolute Gasteiger partial charge is 0.495 e. The Hall–Kier alpha value is -3.50. The van der Waals surface area contributed by atoms with Crippen LogP contribution in [0, 0.1) is 0 Å². The summed E-state index contributed by atoms with van der Waals surface area (Å²) in [6.07, 6.45) is 3.67. The highest BCUT2D eigenvalue weighted by Gasteiger charge is 2.36. The van der Waals surface area contributed by atoms with Gasteiger partial charge in [-0.15, -0.1) is 0 Å². The lowest BCUT2D eigenvalue weighted by molar-refractivity contribution is -0.136. The number of anilines is 3. The lowest BCUT2D eigenvalue weighted by Crippen LogP contribution is -2.33. The third-order valence-corrected chi connectivity index (χ3v) is 9.36. The number of aromatic nitrogens is 3. The van der Waals surface area contributed by atoms with Crippen LogP contribution in [-0.4, -0.2) is 52.3 Å². The molecule has 0 spiro atoms. The number of nitrogens with zero attached hydrogens (tertiary/aromatic N) is 3. The molecule has 2 aliphatic heterocycles. The monoisotopic (exact) mass is 560 g/mol. The van der Waals surface area contributed by atoms with E-state index in [2.05, 4.69) is 30.5 Å². The zero-order valence-electron chi connectivity index (χ0n) is 21.2. The SMILES string of the molecule is COc1cc(P2(=O)C=CN(C3CCOCC3)C=C2)ccc1Nc1nc(NC2CC2)c2c(C(F)(F)F)c[nH]c2n1. The van der Waals surface area contributed by atoms with Crippen molar-refractivity contribution in [3.05, 3.63) is 54.0 Å². The first-order valence-electron chi connectivity index (χ1n) is 12.8. The second-order valence-electron chi connectivity index (χ2n) is 9.84. The Morgan fingerprint density at radius 1 is 1.13 bits per heavy atom. The minimum atomic E-state index is -4.54. The van der Waals surface area contributed by atoms with E-state index in [4.69, 9.17) is 9.47 Å². The van der Waals surface area contributed by atoms with Crippen molar-refractivity contribution in [3.8, 4) is 5.75 Å². The van der Waals surface area contributed by atoms with E-state index < -0.39 is 18.9 Å². The molecule has 1 saturated carbocycles. The predicted octanol–water partition coefficient (Wildman–Crippen LogP) is 5.73.